The van der Waals surface area contributed by atoms with Gasteiger partial charge < -0.3 is 20.7 Å². The van der Waals surface area contributed by atoms with E-state index in [2.05, 4.69) is 15.3 Å². The normalized spacial score (nSPS) is 32.9. The summed E-state index contributed by atoms with van der Waals surface area (Å²) in [6, 6.07) is 0. The molecule has 4 heterocycles. The highest BCUT2D eigenvalue weighted by atomic mass is 16.5. The van der Waals surface area contributed by atoms with Crippen molar-refractivity contribution >= 4 is 17.8 Å². The first kappa shape index (κ1) is 17.8. The molecule has 1 aromatic heterocycles. The summed E-state index contributed by atoms with van der Waals surface area (Å²) in [6.07, 6.45) is 5.99. The largest absolute Gasteiger partial charge is 0.369 e. The second kappa shape index (κ2) is 6.40. The van der Waals surface area contributed by atoms with Gasteiger partial charge >= 0.3 is 0 Å². The van der Waals surface area contributed by atoms with Gasteiger partial charge in [0.2, 0.25) is 11.9 Å². The molecule has 1 aromatic rings. The number of ether oxygens (including phenoxy) is 1. The van der Waals surface area contributed by atoms with E-state index in [9.17, 15) is 9.59 Å². The summed E-state index contributed by atoms with van der Waals surface area (Å²) in [5.41, 5.74) is 8.02. The van der Waals surface area contributed by atoms with Crippen molar-refractivity contribution in [1.29, 1.82) is 0 Å². The van der Waals surface area contributed by atoms with E-state index in [-0.39, 0.29) is 41.3 Å². The van der Waals surface area contributed by atoms with Crippen LogP contribution < -0.4 is 11.1 Å². The Morgan fingerprint density at radius 3 is 2.96 bits per heavy atom. The first-order chi connectivity index (χ1) is 13.5. The quantitative estimate of drug-likeness (QED) is 0.792. The molecule has 0 radical (unpaired) electrons. The highest BCUT2D eigenvalue weighted by Crippen LogP contribution is 2.54. The van der Waals surface area contributed by atoms with Crippen LogP contribution in [0.2, 0.25) is 0 Å². The fourth-order valence-corrected chi connectivity index (χ4v) is 5.82. The minimum atomic E-state index is -0.262. The van der Waals surface area contributed by atoms with Crippen LogP contribution in [0.25, 0.3) is 0 Å². The summed E-state index contributed by atoms with van der Waals surface area (Å²) in [6.45, 7) is 3.40. The Morgan fingerprint density at radius 2 is 2.14 bits per heavy atom. The average Bonchev–Trinajstić information content (AvgIpc) is 3.33. The molecule has 8 nitrogen and oxygen atoms in total. The summed E-state index contributed by atoms with van der Waals surface area (Å²) >= 11 is 0. The van der Waals surface area contributed by atoms with Gasteiger partial charge in [0.05, 0.1) is 18.2 Å². The Hall–Kier alpha value is -2.22. The van der Waals surface area contributed by atoms with E-state index in [1.807, 2.05) is 4.90 Å². The SMILES string of the molecule is CC(=O)NC[C@H]1[C@H]2CN(C(=O)c3nc(N)nc4c3CCCC4)C[C@]23CC[C@H]1O3. The van der Waals surface area contributed by atoms with E-state index in [1.165, 1.54) is 6.92 Å². The Bertz CT molecular complexity index is 843. The molecule has 8 heteroatoms. The van der Waals surface area contributed by atoms with Crippen LogP contribution in [0.1, 0.15) is 54.4 Å². The number of aryl methyl sites for hydroxylation is 1. The van der Waals surface area contributed by atoms with Crippen LogP contribution in [0.15, 0.2) is 0 Å². The Kier molecular flexibility index (Phi) is 4.08. The molecule has 150 valence electrons. The summed E-state index contributed by atoms with van der Waals surface area (Å²) in [7, 11) is 0. The molecule has 3 N–H and O–H groups in total. The lowest BCUT2D eigenvalue weighted by Crippen LogP contribution is -2.41. The van der Waals surface area contributed by atoms with Crippen molar-refractivity contribution in [3.05, 3.63) is 17.0 Å². The minimum Gasteiger partial charge on any atom is -0.369 e. The number of carbonyl (C=O) groups excluding carboxylic acids is 2. The molecule has 2 bridgehead atoms. The summed E-state index contributed by atoms with van der Waals surface area (Å²) in [5, 5.41) is 2.95. The van der Waals surface area contributed by atoms with Gasteiger partial charge in [0, 0.05) is 43.1 Å². The van der Waals surface area contributed by atoms with Crippen molar-refractivity contribution in [1.82, 2.24) is 20.2 Å². The number of nitrogens with one attached hydrogen (secondary N) is 1. The number of hydrogen-bond acceptors (Lipinski definition) is 6. The van der Waals surface area contributed by atoms with E-state index in [0.717, 1.165) is 49.8 Å². The molecule has 4 aliphatic rings. The topological polar surface area (TPSA) is 110 Å². The maximum Gasteiger partial charge on any atom is 0.273 e. The number of carbonyl (C=O) groups is 2. The van der Waals surface area contributed by atoms with Gasteiger partial charge in [-0.1, -0.05) is 0 Å². The van der Waals surface area contributed by atoms with Crippen LogP contribution >= 0.6 is 0 Å². The third-order valence-corrected chi connectivity index (χ3v) is 7.06. The fraction of sp³-hybridized carbons (Fsp3) is 0.700. The molecular weight excluding hydrogens is 358 g/mol. The Balaban J connectivity index is 1.40. The van der Waals surface area contributed by atoms with Gasteiger partial charge in [-0.2, -0.15) is 0 Å². The number of anilines is 1. The van der Waals surface area contributed by atoms with E-state index in [0.29, 0.717) is 25.3 Å². The summed E-state index contributed by atoms with van der Waals surface area (Å²) < 4.78 is 6.38. The smallest absolute Gasteiger partial charge is 0.273 e. The number of hydrogen-bond donors (Lipinski definition) is 2. The van der Waals surface area contributed by atoms with E-state index >= 15 is 0 Å². The molecule has 0 unspecified atom stereocenters. The standard InChI is InChI=1S/C20H27N5O3/c1-11(26)22-8-13-14-9-25(10-20(14)7-6-16(13)28-20)18(27)17-12-4-2-3-5-15(12)23-19(21)24-17/h13-14,16H,2-10H2,1H3,(H,22,26)(H2,21,23,24)/t13-,14+,16+,20+/m0/s1. The van der Waals surface area contributed by atoms with Crippen LogP contribution in [0.3, 0.4) is 0 Å². The zero-order valence-corrected chi connectivity index (χ0v) is 16.2. The van der Waals surface area contributed by atoms with E-state index in [1.54, 1.807) is 0 Å². The third-order valence-electron chi connectivity index (χ3n) is 7.06. The number of nitrogens with two attached hydrogens (primary N) is 1. The molecule has 3 aliphatic heterocycles. The van der Waals surface area contributed by atoms with Gasteiger partial charge in [-0.25, -0.2) is 9.97 Å². The number of fused-ring (bicyclic) bond motifs is 2. The highest BCUT2D eigenvalue weighted by Gasteiger charge is 2.63. The van der Waals surface area contributed by atoms with Gasteiger partial charge in [0.15, 0.2) is 0 Å². The van der Waals surface area contributed by atoms with Gasteiger partial charge in [0.1, 0.15) is 5.69 Å². The van der Waals surface area contributed by atoms with E-state index < -0.39 is 0 Å². The van der Waals surface area contributed by atoms with Crippen molar-refractivity contribution in [3.63, 3.8) is 0 Å². The lowest BCUT2D eigenvalue weighted by Gasteiger charge is -2.29. The van der Waals surface area contributed by atoms with Crippen molar-refractivity contribution in [2.24, 2.45) is 11.8 Å². The third kappa shape index (κ3) is 2.69. The molecule has 5 rings (SSSR count). The number of likely N-dealkylation sites (tertiary alicyclic amines) is 1. The number of nitrogen functional groups attached to an aromatic ring is 1. The van der Waals surface area contributed by atoms with Gasteiger partial charge in [0.25, 0.3) is 5.91 Å². The molecule has 2 amide bonds. The van der Waals surface area contributed by atoms with Crippen molar-refractivity contribution in [3.8, 4) is 0 Å². The van der Waals surface area contributed by atoms with Crippen LogP contribution in [0.5, 0.6) is 0 Å². The monoisotopic (exact) mass is 385 g/mol. The first-order valence-electron chi connectivity index (χ1n) is 10.3. The van der Waals surface area contributed by atoms with Crippen LogP contribution in [-0.4, -0.2) is 58.0 Å². The first-order valence-corrected chi connectivity index (χ1v) is 10.3. The molecule has 0 aromatic carbocycles. The van der Waals surface area contributed by atoms with Crippen molar-refractivity contribution < 1.29 is 14.3 Å². The molecule has 3 fully saturated rings. The van der Waals surface area contributed by atoms with E-state index in [4.69, 9.17) is 10.5 Å². The molecule has 1 aliphatic carbocycles. The van der Waals surface area contributed by atoms with Gasteiger partial charge in [-0.05, 0) is 38.5 Å². The van der Waals surface area contributed by atoms with Crippen molar-refractivity contribution in [2.75, 3.05) is 25.4 Å². The Morgan fingerprint density at radius 1 is 1.32 bits per heavy atom. The number of amides is 2. The zero-order valence-electron chi connectivity index (χ0n) is 16.2. The average molecular weight is 385 g/mol. The zero-order chi connectivity index (χ0) is 19.5. The molecule has 3 saturated heterocycles. The van der Waals surface area contributed by atoms with Crippen molar-refractivity contribution in [2.45, 2.75) is 57.2 Å². The maximum atomic E-state index is 13.4. The van der Waals surface area contributed by atoms with Crippen LogP contribution in [0.4, 0.5) is 5.95 Å². The van der Waals surface area contributed by atoms with Gasteiger partial charge in [-0.3, -0.25) is 9.59 Å². The second-order valence-electron chi connectivity index (χ2n) is 8.72. The number of rotatable bonds is 3. The predicted octanol–water partition coefficient (Wildman–Crippen LogP) is 0.693. The molecular formula is C20H27N5O3. The molecule has 4 atom stereocenters. The lowest BCUT2D eigenvalue weighted by atomic mass is 9.73. The number of nitrogens with zero attached hydrogens (tertiary/aromatic N) is 3. The van der Waals surface area contributed by atoms with Crippen LogP contribution in [-0.2, 0) is 22.4 Å². The molecule has 28 heavy (non-hydrogen) atoms. The minimum absolute atomic E-state index is 0.0224. The molecule has 1 spiro atoms. The lowest BCUT2D eigenvalue weighted by molar-refractivity contribution is -0.119. The fourth-order valence-electron chi connectivity index (χ4n) is 5.82. The molecule has 0 saturated carbocycles. The van der Waals surface area contributed by atoms with Gasteiger partial charge in [-0.15, -0.1) is 0 Å². The Labute approximate surface area is 164 Å². The second-order valence-corrected chi connectivity index (χ2v) is 8.72. The summed E-state index contributed by atoms with van der Waals surface area (Å²) in [4.78, 5) is 35.4. The number of aromatic nitrogens is 2. The highest BCUT2D eigenvalue weighted by molar-refractivity contribution is 5.94. The predicted molar refractivity (Wildman–Crippen MR) is 101 cm³/mol. The van der Waals surface area contributed by atoms with Crippen LogP contribution in [0, 0.1) is 11.8 Å². The summed E-state index contributed by atoms with van der Waals surface area (Å²) in [5.74, 6) is 0.631. The maximum absolute atomic E-state index is 13.4.